The van der Waals surface area contributed by atoms with Crippen LogP contribution in [0.4, 0.5) is 0 Å². The lowest BCUT2D eigenvalue weighted by atomic mass is 10.1. The number of hydrogen-bond acceptors (Lipinski definition) is 2. The van der Waals surface area contributed by atoms with Crippen LogP contribution < -0.4 is 5.32 Å². The van der Waals surface area contributed by atoms with Gasteiger partial charge in [0.15, 0.2) is 0 Å². The maximum Gasteiger partial charge on any atom is 0.0668 e. The highest BCUT2D eigenvalue weighted by atomic mass is 16.3. The highest BCUT2D eigenvalue weighted by Crippen LogP contribution is 2.11. The zero-order valence-electron chi connectivity index (χ0n) is 12.0. The molecule has 0 saturated heterocycles. The van der Waals surface area contributed by atoms with Gasteiger partial charge in [0.2, 0.25) is 0 Å². The summed E-state index contributed by atoms with van der Waals surface area (Å²) < 4.78 is 0. The van der Waals surface area contributed by atoms with Crippen LogP contribution in [0.15, 0.2) is 60.7 Å². The Hall–Kier alpha value is -1.64. The molecule has 0 heterocycles. The van der Waals surface area contributed by atoms with Crippen molar-refractivity contribution >= 4 is 0 Å². The first kappa shape index (κ1) is 14.8. The molecule has 0 bridgehead atoms. The summed E-state index contributed by atoms with van der Waals surface area (Å²) in [6.07, 6.45) is 1.41. The molecule has 0 fully saturated rings. The summed E-state index contributed by atoms with van der Waals surface area (Å²) >= 11 is 0. The number of aliphatic hydroxyl groups is 1. The average molecular weight is 269 g/mol. The molecular formula is C18H23NO. The van der Waals surface area contributed by atoms with Crippen molar-refractivity contribution < 1.29 is 5.11 Å². The van der Waals surface area contributed by atoms with Crippen LogP contribution >= 0.6 is 0 Å². The highest BCUT2D eigenvalue weighted by molar-refractivity contribution is 5.18. The predicted molar refractivity (Wildman–Crippen MR) is 83.6 cm³/mol. The van der Waals surface area contributed by atoms with Crippen LogP contribution in [0.1, 0.15) is 30.5 Å². The fraction of sp³-hybridized carbons (Fsp3) is 0.333. The van der Waals surface area contributed by atoms with Gasteiger partial charge >= 0.3 is 0 Å². The molecule has 0 aliphatic heterocycles. The minimum Gasteiger partial charge on any atom is -0.392 e. The molecule has 0 aliphatic rings. The zero-order valence-corrected chi connectivity index (χ0v) is 12.0. The minimum atomic E-state index is -0.304. The van der Waals surface area contributed by atoms with Crippen LogP contribution in [0.25, 0.3) is 0 Å². The molecule has 2 rings (SSSR count). The number of hydrogen-bond donors (Lipinski definition) is 2. The first-order valence-corrected chi connectivity index (χ1v) is 7.26. The van der Waals surface area contributed by atoms with Gasteiger partial charge < -0.3 is 10.4 Å². The fourth-order valence-corrected chi connectivity index (χ4v) is 2.25. The van der Waals surface area contributed by atoms with Gasteiger partial charge in [-0.05, 0) is 30.9 Å². The SMILES string of the molecule is C[C@H](NC[C@H](O)CCc1ccccc1)c1ccccc1. The number of benzene rings is 2. The first-order valence-electron chi connectivity index (χ1n) is 7.26. The van der Waals surface area contributed by atoms with E-state index in [0.717, 1.165) is 12.8 Å². The molecule has 106 valence electrons. The van der Waals surface area contributed by atoms with Crippen molar-refractivity contribution in [2.45, 2.75) is 31.9 Å². The lowest BCUT2D eigenvalue weighted by Crippen LogP contribution is -2.29. The molecule has 2 aromatic carbocycles. The molecule has 0 amide bonds. The van der Waals surface area contributed by atoms with E-state index in [-0.39, 0.29) is 12.1 Å². The minimum absolute atomic E-state index is 0.266. The normalized spacial score (nSPS) is 13.9. The van der Waals surface area contributed by atoms with E-state index in [4.69, 9.17) is 0 Å². The topological polar surface area (TPSA) is 32.3 Å². The Morgan fingerprint density at radius 1 is 0.950 bits per heavy atom. The monoisotopic (exact) mass is 269 g/mol. The number of aryl methyl sites for hydroxylation is 1. The van der Waals surface area contributed by atoms with E-state index in [1.807, 2.05) is 36.4 Å². The van der Waals surface area contributed by atoms with Crippen molar-refractivity contribution in [1.82, 2.24) is 5.32 Å². The summed E-state index contributed by atoms with van der Waals surface area (Å²) in [6, 6.07) is 20.9. The van der Waals surface area contributed by atoms with E-state index in [1.54, 1.807) is 0 Å². The van der Waals surface area contributed by atoms with Crippen molar-refractivity contribution in [1.29, 1.82) is 0 Å². The molecule has 2 heteroatoms. The standard InChI is InChI=1S/C18H23NO/c1-15(17-10-6-3-7-11-17)19-14-18(20)13-12-16-8-4-2-5-9-16/h2-11,15,18-20H,12-14H2,1H3/t15-,18+/m0/s1. The Balaban J connectivity index is 1.71. The van der Waals surface area contributed by atoms with Gasteiger partial charge in [0, 0.05) is 12.6 Å². The van der Waals surface area contributed by atoms with Crippen molar-refractivity contribution in [3.05, 3.63) is 71.8 Å². The van der Waals surface area contributed by atoms with Gasteiger partial charge in [-0.3, -0.25) is 0 Å². The lowest BCUT2D eigenvalue weighted by molar-refractivity contribution is 0.158. The van der Waals surface area contributed by atoms with Crippen LogP contribution in [-0.2, 0) is 6.42 Å². The Morgan fingerprint density at radius 3 is 2.20 bits per heavy atom. The average Bonchev–Trinajstić information content (AvgIpc) is 2.52. The molecule has 20 heavy (non-hydrogen) atoms. The Morgan fingerprint density at radius 2 is 1.55 bits per heavy atom. The molecule has 2 atom stereocenters. The second-order valence-electron chi connectivity index (χ2n) is 5.22. The Bertz CT molecular complexity index is 483. The third-order valence-corrected chi connectivity index (χ3v) is 3.57. The maximum absolute atomic E-state index is 10.0. The van der Waals surface area contributed by atoms with E-state index in [1.165, 1.54) is 11.1 Å². The van der Waals surface area contributed by atoms with Gasteiger partial charge in [-0.15, -0.1) is 0 Å². The van der Waals surface area contributed by atoms with Gasteiger partial charge in [0.25, 0.3) is 0 Å². The van der Waals surface area contributed by atoms with Crippen molar-refractivity contribution in [2.75, 3.05) is 6.54 Å². The second-order valence-corrected chi connectivity index (χ2v) is 5.22. The van der Waals surface area contributed by atoms with Crippen LogP contribution in [0.3, 0.4) is 0 Å². The summed E-state index contributed by atoms with van der Waals surface area (Å²) in [5.74, 6) is 0. The smallest absolute Gasteiger partial charge is 0.0668 e. The van der Waals surface area contributed by atoms with E-state index in [9.17, 15) is 5.11 Å². The molecule has 0 unspecified atom stereocenters. The van der Waals surface area contributed by atoms with E-state index >= 15 is 0 Å². The Kier molecular flexibility index (Phi) is 5.78. The second kappa shape index (κ2) is 7.83. The van der Waals surface area contributed by atoms with Gasteiger partial charge in [0.05, 0.1) is 6.10 Å². The van der Waals surface area contributed by atoms with Crippen LogP contribution in [0.5, 0.6) is 0 Å². The fourth-order valence-electron chi connectivity index (χ4n) is 2.25. The molecule has 0 saturated carbocycles. The van der Waals surface area contributed by atoms with Crippen LogP contribution in [0, 0.1) is 0 Å². The summed E-state index contributed by atoms with van der Waals surface area (Å²) in [5.41, 5.74) is 2.53. The summed E-state index contributed by atoms with van der Waals surface area (Å²) in [5, 5.41) is 13.4. The molecule has 2 nitrogen and oxygen atoms in total. The van der Waals surface area contributed by atoms with E-state index < -0.39 is 0 Å². The number of aliphatic hydroxyl groups excluding tert-OH is 1. The summed E-state index contributed by atoms with van der Waals surface area (Å²) in [7, 11) is 0. The predicted octanol–water partition coefficient (Wildman–Crippen LogP) is 3.33. The van der Waals surface area contributed by atoms with Crippen molar-refractivity contribution in [3.8, 4) is 0 Å². The summed E-state index contributed by atoms with van der Waals surface area (Å²) in [4.78, 5) is 0. The van der Waals surface area contributed by atoms with Crippen molar-refractivity contribution in [3.63, 3.8) is 0 Å². The third kappa shape index (κ3) is 4.80. The van der Waals surface area contributed by atoms with Crippen molar-refractivity contribution in [2.24, 2.45) is 0 Å². The number of nitrogens with one attached hydrogen (secondary N) is 1. The van der Waals surface area contributed by atoms with Gasteiger partial charge in [-0.1, -0.05) is 60.7 Å². The zero-order chi connectivity index (χ0) is 14.2. The molecule has 2 N–H and O–H groups in total. The Labute approximate surface area is 121 Å². The highest BCUT2D eigenvalue weighted by Gasteiger charge is 2.08. The van der Waals surface area contributed by atoms with Crippen LogP contribution in [-0.4, -0.2) is 17.8 Å². The molecule has 2 aromatic rings. The van der Waals surface area contributed by atoms with Gasteiger partial charge in [0.1, 0.15) is 0 Å². The molecular weight excluding hydrogens is 246 g/mol. The third-order valence-electron chi connectivity index (χ3n) is 3.57. The maximum atomic E-state index is 10.0. The first-order chi connectivity index (χ1) is 9.75. The van der Waals surface area contributed by atoms with Gasteiger partial charge in [-0.25, -0.2) is 0 Å². The molecule has 0 spiro atoms. The quantitative estimate of drug-likeness (QED) is 0.808. The molecule has 0 aromatic heterocycles. The summed E-state index contributed by atoms with van der Waals surface area (Å²) in [6.45, 7) is 2.75. The largest absolute Gasteiger partial charge is 0.392 e. The van der Waals surface area contributed by atoms with E-state index in [0.29, 0.717) is 6.54 Å². The van der Waals surface area contributed by atoms with Crippen LogP contribution in [0.2, 0.25) is 0 Å². The lowest BCUT2D eigenvalue weighted by Gasteiger charge is -2.17. The molecule has 0 radical (unpaired) electrons. The van der Waals surface area contributed by atoms with Gasteiger partial charge in [-0.2, -0.15) is 0 Å². The van der Waals surface area contributed by atoms with E-state index in [2.05, 4.69) is 36.5 Å². The number of rotatable bonds is 7. The molecule has 0 aliphatic carbocycles.